The minimum absolute atomic E-state index is 0.112. The lowest BCUT2D eigenvalue weighted by molar-refractivity contribution is 0.0824. The molecule has 146 valence electrons. The van der Waals surface area contributed by atoms with E-state index in [1.54, 1.807) is 38.5 Å². The lowest BCUT2D eigenvalue weighted by Gasteiger charge is -2.34. The van der Waals surface area contributed by atoms with E-state index in [0.29, 0.717) is 29.6 Å². The first-order valence-electron chi connectivity index (χ1n) is 9.27. The minimum atomic E-state index is -0.640. The molecule has 6 nitrogen and oxygen atoms in total. The van der Waals surface area contributed by atoms with Crippen LogP contribution in [0.4, 0.5) is 15.9 Å². The Morgan fingerprint density at radius 2 is 2.07 bits per heavy atom. The lowest BCUT2D eigenvalue weighted by atomic mass is 9.73. The number of rotatable bonds is 6. The molecule has 1 saturated carbocycles. The smallest absolute Gasteiger partial charge is 0.258 e. The van der Waals surface area contributed by atoms with Crippen molar-refractivity contribution in [3.63, 3.8) is 0 Å². The van der Waals surface area contributed by atoms with Crippen molar-refractivity contribution in [1.29, 1.82) is 5.26 Å². The number of anilines is 2. The normalized spacial score (nSPS) is 18.1. The number of pyridine rings is 1. The molecule has 0 saturated heterocycles. The molecule has 1 heterocycles. The van der Waals surface area contributed by atoms with E-state index in [0.717, 1.165) is 19.4 Å². The van der Waals surface area contributed by atoms with Crippen molar-refractivity contribution in [2.45, 2.75) is 19.3 Å². The van der Waals surface area contributed by atoms with Gasteiger partial charge in [-0.25, -0.2) is 9.37 Å². The van der Waals surface area contributed by atoms with E-state index in [1.807, 2.05) is 0 Å². The van der Waals surface area contributed by atoms with Gasteiger partial charge in [-0.15, -0.1) is 0 Å². The molecule has 7 heteroatoms. The fourth-order valence-electron chi connectivity index (χ4n) is 3.50. The van der Waals surface area contributed by atoms with Crippen LogP contribution in [-0.2, 0) is 0 Å². The number of benzene rings is 1. The van der Waals surface area contributed by atoms with Gasteiger partial charge in [-0.2, -0.15) is 5.26 Å². The summed E-state index contributed by atoms with van der Waals surface area (Å²) in [4.78, 5) is 17.9. The van der Waals surface area contributed by atoms with Crippen molar-refractivity contribution >= 4 is 17.4 Å². The molecule has 1 aliphatic carbocycles. The lowest BCUT2D eigenvalue weighted by Crippen LogP contribution is -2.29. The molecule has 3 N–H and O–H groups in total. The standard InChI is InChI=1S/C21H24FN5O/c1-27(2)21(28)19-17(24)5-4-16(20(19)22)15-3-6-18(26-12-15)25-11-14-9-13(10-14)7-8-23/h3-6,12-14H,7,9-11,24H2,1-2H3,(H,25,26). The van der Waals surface area contributed by atoms with Gasteiger partial charge in [-0.1, -0.05) is 0 Å². The highest BCUT2D eigenvalue weighted by molar-refractivity contribution is 6.00. The van der Waals surface area contributed by atoms with Gasteiger partial charge in [0, 0.05) is 50.1 Å². The summed E-state index contributed by atoms with van der Waals surface area (Å²) in [5.74, 6) is 0.694. The number of halogens is 1. The van der Waals surface area contributed by atoms with Gasteiger partial charge in [0.05, 0.1) is 11.6 Å². The Labute approximate surface area is 164 Å². The molecule has 1 fully saturated rings. The molecular formula is C21H24FN5O. The largest absolute Gasteiger partial charge is 0.398 e. The van der Waals surface area contributed by atoms with Gasteiger partial charge in [0.25, 0.3) is 5.91 Å². The average Bonchev–Trinajstić information content (AvgIpc) is 2.64. The highest BCUT2D eigenvalue weighted by Crippen LogP contribution is 2.36. The van der Waals surface area contributed by atoms with E-state index < -0.39 is 11.7 Å². The Morgan fingerprint density at radius 1 is 1.32 bits per heavy atom. The van der Waals surface area contributed by atoms with Crippen molar-refractivity contribution in [3.05, 3.63) is 41.8 Å². The van der Waals surface area contributed by atoms with Gasteiger partial charge >= 0.3 is 0 Å². The first kappa shape index (κ1) is 19.6. The summed E-state index contributed by atoms with van der Waals surface area (Å²) >= 11 is 0. The van der Waals surface area contributed by atoms with Crippen molar-refractivity contribution in [2.24, 2.45) is 11.8 Å². The molecule has 1 aromatic heterocycles. The number of hydrogen-bond donors (Lipinski definition) is 2. The highest BCUT2D eigenvalue weighted by Gasteiger charge is 2.28. The Bertz CT molecular complexity index is 898. The van der Waals surface area contributed by atoms with Crippen LogP contribution in [0.5, 0.6) is 0 Å². The molecule has 0 atom stereocenters. The molecule has 0 unspecified atom stereocenters. The van der Waals surface area contributed by atoms with Crippen molar-refractivity contribution in [3.8, 4) is 17.2 Å². The number of nitrogens with two attached hydrogens (primary N) is 1. The summed E-state index contributed by atoms with van der Waals surface area (Å²) in [6, 6.07) is 8.88. The molecule has 2 aromatic rings. The van der Waals surface area contributed by atoms with Crippen LogP contribution in [0, 0.1) is 29.0 Å². The maximum absolute atomic E-state index is 14.9. The van der Waals surface area contributed by atoms with Gasteiger partial charge in [-0.05, 0) is 48.9 Å². The Kier molecular flexibility index (Phi) is 5.78. The van der Waals surface area contributed by atoms with E-state index in [1.165, 1.54) is 11.0 Å². The van der Waals surface area contributed by atoms with Gasteiger partial charge in [0.2, 0.25) is 0 Å². The maximum Gasteiger partial charge on any atom is 0.258 e. The number of hydrogen-bond acceptors (Lipinski definition) is 5. The van der Waals surface area contributed by atoms with E-state index in [4.69, 9.17) is 11.0 Å². The number of carbonyl (C=O) groups excluding carboxylic acids is 1. The quantitative estimate of drug-likeness (QED) is 0.747. The van der Waals surface area contributed by atoms with E-state index >= 15 is 0 Å². The molecule has 3 rings (SSSR count). The number of nitrogens with one attached hydrogen (secondary N) is 1. The van der Waals surface area contributed by atoms with Crippen LogP contribution >= 0.6 is 0 Å². The van der Waals surface area contributed by atoms with E-state index in [2.05, 4.69) is 16.4 Å². The molecule has 0 spiro atoms. The molecule has 1 amide bonds. The van der Waals surface area contributed by atoms with Crippen molar-refractivity contribution in [1.82, 2.24) is 9.88 Å². The fourth-order valence-corrected chi connectivity index (χ4v) is 3.50. The van der Waals surface area contributed by atoms with Crippen LogP contribution in [0.15, 0.2) is 30.5 Å². The zero-order valence-corrected chi connectivity index (χ0v) is 16.1. The number of nitrogens with zero attached hydrogens (tertiary/aromatic N) is 3. The summed E-state index contributed by atoms with van der Waals surface area (Å²) in [6.45, 7) is 0.811. The van der Waals surface area contributed by atoms with Crippen LogP contribution in [0.3, 0.4) is 0 Å². The number of aromatic nitrogens is 1. The predicted octanol–water partition coefficient (Wildman–Crippen LogP) is 3.52. The third-order valence-corrected chi connectivity index (χ3v) is 5.15. The zero-order valence-electron chi connectivity index (χ0n) is 16.1. The minimum Gasteiger partial charge on any atom is -0.398 e. The molecule has 0 radical (unpaired) electrons. The second kappa shape index (κ2) is 8.26. The third-order valence-electron chi connectivity index (χ3n) is 5.15. The Hall–Kier alpha value is -3.14. The Morgan fingerprint density at radius 3 is 2.68 bits per heavy atom. The SMILES string of the molecule is CN(C)C(=O)c1c(N)ccc(-c2ccc(NCC3CC(CC#N)C3)nc2)c1F. The molecule has 0 bridgehead atoms. The van der Waals surface area contributed by atoms with Crippen LogP contribution in [0.25, 0.3) is 11.1 Å². The predicted molar refractivity (Wildman–Crippen MR) is 107 cm³/mol. The van der Waals surface area contributed by atoms with Crippen molar-refractivity contribution < 1.29 is 9.18 Å². The van der Waals surface area contributed by atoms with Gasteiger partial charge in [0.1, 0.15) is 11.6 Å². The number of nitriles is 1. The van der Waals surface area contributed by atoms with Crippen LogP contribution in [0.1, 0.15) is 29.6 Å². The van der Waals surface area contributed by atoms with Crippen LogP contribution < -0.4 is 11.1 Å². The van der Waals surface area contributed by atoms with Crippen LogP contribution in [-0.4, -0.2) is 36.4 Å². The van der Waals surface area contributed by atoms with E-state index in [-0.39, 0.29) is 16.8 Å². The number of carbonyl (C=O) groups is 1. The van der Waals surface area contributed by atoms with Gasteiger partial charge in [-0.3, -0.25) is 4.79 Å². The first-order chi connectivity index (χ1) is 13.4. The summed E-state index contributed by atoms with van der Waals surface area (Å²) in [6.07, 6.45) is 4.35. The first-order valence-corrected chi connectivity index (χ1v) is 9.27. The monoisotopic (exact) mass is 381 g/mol. The van der Waals surface area contributed by atoms with E-state index in [9.17, 15) is 9.18 Å². The highest BCUT2D eigenvalue weighted by atomic mass is 19.1. The second-order valence-electron chi connectivity index (χ2n) is 7.47. The zero-order chi connectivity index (χ0) is 20.3. The summed E-state index contributed by atoms with van der Waals surface area (Å²) in [5, 5.41) is 12.0. The van der Waals surface area contributed by atoms with Gasteiger partial charge < -0.3 is 16.0 Å². The fraction of sp³-hybridized carbons (Fsp3) is 0.381. The number of amides is 1. The molecule has 1 aromatic carbocycles. The summed E-state index contributed by atoms with van der Waals surface area (Å²) in [7, 11) is 3.11. The molecular weight excluding hydrogens is 357 g/mol. The topological polar surface area (TPSA) is 95.0 Å². The maximum atomic E-state index is 14.9. The van der Waals surface area contributed by atoms with Gasteiger partial charge in [0.15, 0.2) is 0 Å². The third kappa shape index (κ3) is 4.06. The average molecular weight is 381 g/mol. The molecule has 0 aliphatic heterocycles. The summed E-state index contributed by atoms with van der Waals surface area (Å²) < 4.78 is 14.9. The second-order valence-corrected chi connectivity index (χ2v) is 7.47. The summed E-state index contributed by atoms with van der Waals surface area (Å²) in [5.41, 5.74) is 6.67. The van der Waals surface area contributed by atoms with Crippen LogP contribution in [0.2, 0.25) is 0 Å². The number of nitrogen functional groups attached to an aromatic ring is 1. The Balaban J connectivity index is 1.69. The molecule has 28 heavy (non-hydrogen) atoms. The molecule has 1 aliphatic rings. The van der Waals surface area contributed by atoms with Crippen molar-refractivity contribution in [2.75, 3.05) is 31.7 Å².